The van der Waals surface area contributed by atoms with Gasteiger partial charge in [-0.15, -0.1) is 0 Å². The summed E-state index contributed by atoms with van der Waals surface area (Å²) in [5.41, 5.74) is 0.522. The molecule has 1 aromatic rings. The Morgan fingerprint density at radius 2 is 1.96 bits per heavy atom. The molecule has 0 aliphatic carbocycles. The van der Waals surface area contributed by atoms with Gasteiger partial charge in [-0.1, -0.05) is 30.3 Å². The molecule has 0 bridgehead atoms. The third-order valence-corrected chi connectivity index (χ3v) is 3.99. The Labute approximate surface area is 142 Å². The van der Waals surface area contributed by atoms with Crippen LogP contribution < -0.4 is 5.32 Å². The van der Waals surface area contributed by atoms with E-state index < -0.39 is 23.6 Å². The summed E-state index contributed by atoms with van der Waals surface area (Å²) in [5.74, 6) is -1.54. The third kappa shape index (κ3) is 5.23. The molecule has 2 atom stereocenters. The molecule has 0 spiro atoms. The van der Waals surface area contributed by atoms with E-state index in [4.69, 9.17) is 4.74 Å². The SMILES string of the molecule is CC(C)(C)OC(=O)N1CC[C@@H](NCc2ccccc2)[C@@H](C(=O)O)C1. The summed E-state index contributed by atoms with van der Waals surface area (Å²) in [4.78, 5) is 25.3. The number of carbonyl (C=O) groups is 2. The Kier molecular flexibility index (Phi) is 5.83. The number of hydrogen-bond donors (Lipinski definition) is 2. The fraction of sp³-hybridized carbons (Fsp3) is 0.556. The molecule has 1 fully saturated rings. The van der Waals surface area contributed by atoms with Gasteiger partial charge in [0.2, 0.25) is 0 Å². The summed E-state index contributed by atoms with van der Waals surface area (Å²) in [6, 6.07) is 9.69. The van der Waals surface area contributed by atoms with Crippen LogP contribution in [0, 0.1) is 5.92 Å². The van der Waals surface area contributed by atoms with Crippen molar-refractivity contribution in [1.29, 1.82) is 0 Å². The molecular weight excluding hydrogens is 308 g/mol. The zero-order valence-corrected chi connectivity index (χ0v) is 14.5. The van der Waals surface area contributed by atoms with E-state index in [0.717, 1.165) is 5.56 Å². The van der Waals surface area contributed by atoms with Crippen molar-refractivity contribution >= 4 is 12.1 Å². The summed E-state index contributed by atoms with van der Waals surface area (Å²) in [5, 5.41) is 12.8. The molecule has 6 nitrogen and oxygen atoms in total. The van der Waals surface area contributed by atoms with Gasteiger partial charge < -0.3 is 20.1 Å². The summed E-state index contributed by atoms with van der Waals surface area (Å²) in [6.45, 7) is 6.67. The zero-order valence-electron chi connectivity index (χ0n) is 14.5. The first-order valence-corrected chi connectivity index (χ1v) is 8.24. The lowest BCUT2D eigenvalue weighted by Crippen LogP contribution is -2.54. The standard InChI is InChI=1S/C18H26N2O4/c1-18(2,3)24-17(23)20-10-9-15(14(12-20)16(21)22)19-11-13-7-5-4-6-8-13/h4-8,14-15,19H,9-12H2,1-3H3,(H,21,22)/t14-,15+/m0/s1. The van der Waals surface area contributed by atoms with E-state index in [1.54, 1.807) is 20.8 Å². The topological polar surface area (TPSA) is 78.9 Å². The van der Waals surface area contributed by atoms with E-state index in [9.17, 15) is 14.7 Å². The summed E-state index contributed by atoms with van der Waals surface area (Å²) < 4.78 is 5.34. The first-order valence-electron chi connectivity index (χ1n) is 8.24. The molecule has 1 aliphatic rings. The van der Waals surface area contributed by atoms with Crippen molar-refractivity contribution in [3.63, 3.8) is 0 Å². The highest BCUT2D eigenvalue weighted by Crippen LogP contribution is 2.21. The number of likely N-dealkylation sites (tertiary alicyclic amines) is 1. The molecule has 1 amide bonds. The van der Waals surface area contributed by atoms with Gasteiger partial charge in [0, 0.05) is 25.7 Å². The van der Waals surface area contributed by atoms with Crippen LogP contribution in [0.15, 0.2) is 30.3 Å². The molecule has 0 radical (unpaired) electrons. The number of carboxylic acid groups (broad SMARTS) is 1. The number of carbonyl (C=O) groups excluding carboxylic acids is 1. The number of aliphatic carboxylic acids is 1. The van der Waals surface area contributed by atoms with Gasteiger partial charge in [-0.2, -0.15) is 0 Å². The van der Waals surface area contributed by atoms with Crippen molar-refractivity contribution in [2.45, 2.75) is 45.4 Å². The molecule has 1 heterocycles. The lowest BCUT2D eigenvalue weighted by atomic mass is 9.92. The average molecular weight is 334 g/mol. The molecular formula is C18H26N2O4. The molecule has 132 valence electrons. The van der Waals surface area contributed by atoms with Gasteiger partial charge in [0.1, 0.15) is 5.60 Å². The number of amides is 1. The molecule has 1 saturated heterocycles. The van der Waals surface area contributed by atoms with Crippen LogP contribution in [0.3, 0.4) is 0 Å². The Morgan fingerprint density at radius 1 is 1.29 bits per heavy atom. The fourth-order valence-corrected chi connectivity index (χ4v) is 2.78. The highest BCUT2D eigenvalue weighted by Gasteiger charge is 2.37. The second kappa shape index (κ2) is 7.66. The first-order chi connectivity index (χ1) is 11.3. The van der Waals surface area contributed by atoms with Crippen LogP contribution in [-0.2, 0) is 16.1 Å². The highest BCUT2D eigenvalue weighted by atomic mass is 16.6. The quantitative estimate of drug-likeness (QED) is 0.884. The molecule has 1 aromatic carbocycles. The number of carboxylic acids is 1. The Bertz CT molecular complexity index is 568. The Morgan fingerprint density at radius 3 is 2.54 bits per heavy atom. The molecule has 24 heavy (non-hydrogen) atoms. The second-order valence-electron chi connectivity index (χ2n) is 7.13. The van der Waals surface area contributed by atoms with Gasteiger partial charge >= 0.3 is 12.1 Å². The Hall–Kier alpha value is -2.08. The summed E-state index contributed by atoms with van der Waals surface area (Å²) in [6.07, 6.45) is 0.138. The summed E-state index contributed by atoms with van der Waals surface area (Å²) >= 11 is 0. The summed E-state index contributed by atoms with van der Waals surface area (Å²) in [7, 11) is 0. The van der Waals surface area contributed by atoms with Crippen LogP contribution in [0.2, 0.25) is 0 Å². The minimum absolute atomic E-state index is 0.163. The molecule has 2 rings (SSSR count). The van der Waals surface area contributed by atoms with Crippen LogP contribution in [0.1, 0.15) is 32.8 Å². The van der Waals surface area contributed by atoms with Gasteiger partial charge in [0.15, 0.2) is 0 Å². The smallest absolute Gasteiger partial charge is 0.410 e. The number of hydrogen-bond acceptors (Lipinski definition) is 4. The first kappa shape index (κ1) is 18.3. The van der Waals surface area contributed by atoms with Crippen LogP contribution in [0.4, 0.5) is 4.79 Å². The predicted octanol–water partition coefficient (Wildman–Crippen LogP) is 2.49. The van der Waals surface area contributed by atoms with Crippen LogP contribution in [-0.4, -0.2) is 46.8 Å². The van der Waals surface area contributed by atoms with Crippen molar-refractivity contribution in [3.8, 4) is 0 Å². The molecule has 6 heteroatoms. The molecule has 0 saturated carbocycles. The van der Waals surface area contributed by atoms with Crippen LogP contribution in [0.5, 0.6) is 0 Å². The number of ether oxygens (including phenoxy) is 1. The van der Waals surface area contributed by atoms with Gasteiger partial charge in [-0.3, -0.25) is 4.79 Å². The van der Waals surface area contributed by atoms with Gasteiger partial charge in [-0.25, -0.2) is 4.79 Å². The maximum Gasteiger partial charge on any atom is 0.410 e. The minimum Gasteiger partial charge on any atom is -0.481 e. The van der Waals surface area contributed by atoms with E-state index >= 15 is 0 Å². The number of rotatable bonds is 4. The van der Waals surface area contributed by atoms with Gasteiger partial charge in [-0.05, 0) is 32.8 Å². The molecule has 1 aliphatic heterocycles. The largest absolute Gasteiger partial charge is 0.481 e. The second-order valence-corrected chi connectivity index (χ2v) is 7.13. The third-order valence-electron chi connectivity index (χ3n) is 3.99. The van der Waals surface area contributed by atoms with E-state index in [2.05, 4.69) is 5.32 Å². The van der Waals surface area contributed by atoms with Crippen molar-refractivity contribution in [1.82, 2.24) is 10.2 Å². The maximum atomic E-state index is 12.2. The van der Waals surface area contributed by atoms with E-state index in [-0.39, 0.29) is 12.6 Å². The lowest BCUT2D eigenvalue weighted by Gasteiger charge is -2.37. The highest BCUT2D eigenvalue weighted by molar-refractivity contribution is 5.74. The normalized spacial score (nSPS) is 21.4. The molecule has 0 unspecified atom stereocenters. The van der Waals surface area contributed by atoms with Gasteiger partial charge in [0.25, 0.3) is 0 Å². The number of nitrogens with zero attached hydrogens (tertiary/aromatic N) is 1. The van der Waals surface area contributed by atoms with Crippen LogP contribution in [0.25, 0.3) is 0 Å². The van der Waals surface area contributed by atoms with E-state index in [0.29, 0.717) is 19.5 Å². The Balaban J connectivity index is 1.95. The fourth-order valence-electron chi connectivity index (χ4n) is 2.78. The molecule has 0 aromatic heterocycles. The maximum absolute atomic E-state index is 12.2. The van der Waals surface area contributed by atoms with E-state index in [1.807, 2.05) is 30.3 Å². The van der Waals surface area contributed by atoms with Crippen LogP contribution >= 0.6 is 0 Å². The van der Waals surface area contributed by atoms with Crippen molar-refractivity contribution in [2.24, 2.45) is 5.92 Å². The van der Waals surface area contributed by atoms with Crippen molar-refractivity contribution in [2.75, 3.05) is 13.1 Å². The minimum atomic E-state index is -0.895. The molecule has 2 N–H and O–H groups in total. The number of nitrogens with one attached hydrogen (secondary N) is 1. The zero-order chi connectivity index (χ0) is 17.7. The average Bonchev–Trinajstić information content (AvgIpc) is 2.52. The number of benzene rings is 1. The lowest BCUT2D eigenvalue weighted by molar-refractivity contribution is -0.144. The van der Waals surface area contributed by atoms with Crippen molar-refractivity contribution in [3.05, 3.63) is 35.9 Å². The monoisotopic (exact) mass is 334 g/mol. The number of piperidine rings is 1. The van der Waals surface area contributed by atoms with E-state index in [1.165, 1.54) is 4.90 Å². The van der Waals surface area contributed by atoms with Crippen molar-refractivity contribution < 1.29 is 19.4 Å². The van der Waals surface area contributed by atoms with Gasteiger partial charge in [0.05, 0.1) is 5.92 Å². The predicted molar refractivity (Wildman–Crippen MR) is 90.6 cm³/mol.